The molecule has 4 nitrogen and oxygen atoms in total. The Morgan fingerprint density at radius 2 is 1.94 bits per heavy atom. The molecule has 0 aliphatic rings. The molecule has 0 N–H and O–H groups in total. The minimum Gasteiger partial charge on any atom is -0.464 e. The Bertz CT molecular complexity index is 259. The molecular weight excluding hydrogens is 254 g/mol. The number of amides is 1. The second kappa shape index (κ2) is 10.2. The Morgan fingerprint density at radius 3 is 2.44 bits per heavy atom. The molecule has 0 saturated carbocycles. The van der Waals surface area contributed by atoms with Crippen LogP contribution in [0.3, 0.4) is 0 Å². The van der Waals surface area contributed by atoms with Crippen LogP contribution in [0.4, 0.5) is 0 Å². The van der Waals surface area contributed by atoms with E-state index in [1.807, 2.05) is 6.92 Å². The molecular formula is C13H24ClNO3. The normalized spacial score (nSPS) is 12.0. The predicted molar refractivity (Wildman–Crippen MR) is 72.7 cm³/mol. The van der Waals surface area contributed by atoms with Crippen LogP contribution < -0.4 is 0 Å². The van der Waals surface area contributed by atoms with Crippen molar-refractivity contribution in [3.8, 4) is 0 Å². The van der Waals surface area contributed by atoms with Crippen molar-refractivity contribution < 1.29 is 14.3 Å². The van der Waals surface area contributed by atoms with Gasteiger partial charge in [-0.2, -0.15) is 0 Å². The number of alkyl halides is 1. The lowest BCUT2D eigenvalue weighted by atomic mass is 10.2. The van der Waals surface area contributed by atoms with Crippen LogP contribution in [-0.2, 0) is 14.3 Å². The molecule has 5 heteroatoms. The summed E-state index contributed by atoms with van der Waals surface area (Å²) in [5.41, 5.74) is 0. The highest BCUT2D eigenvalue weighted by Gasteiger charge is 2.25. The Balaban J connectivity index is 4.53. The first-order valence-electron chi connectivity index (χ1n) is 6.60. The number of hydrogen-bond donors (Lipinski definition) is 0. The summed E-state index contributed by atoms with van der Waals surface area (Å²) in [6, 6.07) is -0.530. The van der Waals surface area contributed by atoms with Crippen molar-refractivity contribution >= 4 is 23.5 Å². The average molecular weight is 278 g/mol. The van der Waals surface area contributed by atoms with E-state index < -0.39 is 6.04 Å². The van der Waals surface area contributed by atoms with Crippen molar-refractivity contribution in [2.45, 2.75) is 52.5 Å². The van der Waals surface area contributed by atoms with Gasteiger partial charge in [-0.3, -0.25) is 4.79 Å². The van der Waals surface area contributed by atoms with Crippen LogP contribution in [0.15, 0.2) is 0 Å². The number of halogens is 1. The fraction of sp³-hybridized carbons (Fsp3) is 0.846. The number of rotatable bonds is 9. The first-order chi connectivity index (χ1) is 8.58. The largest absolute Gasteiger partial charge is 0.464 e. The molecule has 0 spiro atoms. The molecule has 0 fully saturated rings. The van der Waals surface area contributed by atoms with Gasteiger partial charge in [-0.1, -0.05) is 13.3 Å². The van der Waals surface area contributed by atoms with Crippen LogP contribution in [0.2, 0.25) is 0 Å². The van der Waals surface area contributed by atoms with Crippen LogP contribution in [-0.4, -0.2) is 41.8 Å². The zero-order chi connectivity index (χ0) is 14.0. The second-order valence-corrected chi connectivity index (χ2v) is 4.54. The van der Waals surface area contributed by atoms with Crippen molar-refractivity contribution in [2.75, 3.05) is 19.0 Å². The molecule has 0 aromatic heterocycles. The minimum absolute atomic E-state index is 0.00233. The van der Waals surface area contributed by atoms with Crippen LogP contribution in [0.25, 0.3) is 0 Å². The predicted octanol–water partition coefficient (Wildman–Crippen LogP) is 2.59. The quantitative estimate of drug-likeness (QED) is 0.481. The summed E-state index contributed by atoms with van der Waals surface area (Å²) >= 11 is 5.65. The Labute approximate surface area is 115 Å². The monoisotopic (exact) mass is 277 g/mol. The van der Waals surface area contributed by atoms with Gasteiger partial charge in [-0.25, -0.2) is 4.79 Å². The first kappa shape index (κ1) is 17.2. The van der Waals surface area contributed by atoms with Crippen LogP contribution in [0.5, 0.6) is 0 Å². The van der Waals surface area contributed by atoms with Gasteiger partial charge in [0.1, 0.15) is 6.04 Å². The summed E-state index contributed by atoms with van der Waals surface area (Å²) in [7, 11) is 0. The Morgan fingerprint density at radius 1 is 1.28 bits per heavy atom. The maximum Gasteiger partial charge on any atom is 0.328 e. The number of ether oxygens (including phenoxy) is 1. The van der Waals surface area contributed by atoms with Crippen molar-refractivity contribution in [3.63, 3.8) is 0 Å². The summed E-state index contributed by atoms with van der Waals surface area (Å²) in [5, 5.41) is 0. The maximum atomic E-state index is 12.0. The molecule has 0 aromatic carbocycles. The van der Waals surface area contributed by atoms with Gasteiger partial charge >= 0.3 is 5.97 Å². The standard InChI is InChI=1S/C13H24ClNO3/c1-4-6-8-12(16)15(10-7-9-14)11(3)13(17)18-5-2/h11H,4-10H2,1-3H3. The van der Waals surface area contributed by atoms with E-state index in [0.717, 1.165) is 12.8 Å². The third-order valence-electron chi connectivity index (χ3n) is 2.69. The summed E-state index contributed by atoms with van der Waals surface area (Å²) in [6.07, 6.45) is 2.96. The molecule has 0 saturated heterocycles. The molecule has 1 atom stereocenters. The number of esters is 1. The van der Waals surface area contributed by atoms with E-state index in [-0.39, 0.29) is 11.9 Å². The van der Waals surface area contributed by atoms with Gasteiger partial charge in [0.2, 0.25) is 5.91 Å². The molecule has 0 aromatic rings. The van der Waals surface area contributed by atoms with Crippen molar-refractivity contribution in [3.05, 3.63) is 0 Å². The summed E-state index contributed by atoms with van der Waals surface area (Å²) in [6.45, 7) is 6.33. The first-order valence-corrected chi connectivity index (χ1v) is 7.13. The molecule has 0 bridgehead atoms. The number of carbonyl (C=O) groups excluding carboxylic acids is 2. The number of nitrogens with zero attached hydrogens (tertiary/aromatic N) is 1. The minimum atomic E-state index is -0.530. The van der Waals surface area contributed by atoms with Crippen molar-refractivity contribution in [1.29, 1.82) is 0 Å². The number of hydrogen-bond acceptors (Lipinski definition) is 3. The fourth-order valence-electron chi connectivity index (χ4n) is 1.63. The van der Waals surface area contributed by atoms with E-state index >= 15 is 0 Å². The van der Waals surface area contributed by atoms with Gasteiger partial charge in [-0.15, -0.1) is 11.6 Å². The van der Waals surface area contributed by atoms with Crippen LogP contribution in [0.1, 0.15) is 46.5 Å². The van der Waals surface area contributed by atoms with E-state index in [2.05, 4.69) is 0 Å². The van der Waals surface area contributed by atoms with Crippen LogP contribution in [0, 0.1) is 0 Å². The molecule has 0 rings (SSSR count). The summed E-state index contributed by atoms with van der Waals surface area (Å²) in [4.78, 5) is 25.3. The Hall–Kier alpha value is -0.770. The topological polar surface area (TPSA) is 46.6 Å². The molecule has 0 heterocycles. The Kier molecular flexibility index (Phi) is 9.74. The molecule has 1 amide bonds. The fourth-order valence-corrected chi connectivity index (χ4v) is 1.75. The van der Waals surface area contributed by atoms with E-state index in [9.17, 15) is 9.59 Å². The molecule has 18 heavy (non-hydrogen) atoms. The maximum absolute atomic E-state index is 12.0. The molecule has 0 radical (unpaired) electrons. The number of unbranched alkanes of at least 4 members (excludes halogenated alkanes) is 1. The third kappa shape index (κ3) is 6.24. The average Bonchev–Trinajstić information content (AvgIpc) is 2.36. The lowest BCUT2D eigenvalue weighted by Crippen LogP contribution is -2.44. The SMILES string of the molecule is CCCCC(=O)N(CCCCl)C(C)C(=O)OCC. The summed E-state index contributed by atoms with van der Waals surface area (Å²) in [5.74, 6) is 0.132. The van der Waals surface area contributed by atoms with E-state index in [4.69, 9.17) is 16.3 Å². The zero-order valence-electron chi connectivity index (χ0n) is 11.6. The second-order valence-electron chi connectivity index (χ2n) is 4.16. The van der Waals surface area contributed by atoms with Gasteiger partial charge in [-0.05, 0) is 26.7 Å². The van der Waals surface area contributed by atoms with Gasteiger partial charge in [0, 0.05) is 18.8 Å². The lowest BCUT2D eigenvalue weighted by Gasteiger charge is -2.27. The van der Waals surface area contributed by atoms with Gasteiger partial charge in [0.05, 0.1) is 6.61 Å². The highest BCUT2D eigenvalue weighted by molar-refractivity contribution is 6.17. The molecule has 106 valence electrons. The van der Waals surface area contributed by atoms with Crippen molar-refractivity contribution in [2.24, 2.45) is 0 Å². The highest BCUT2D eigenvalue weighted by Crippen LogP contribution is 2.09. The van der Waals surface area contributed by atoms with E-state index in [0.29, 0.717) is 31.9 Å². The highest BCUT2D eigenvalue weighted by atomic mass is 35.5. The van der Waals surface area contributed by atoms with Crippen molar-refractivity contribution in [1.82, 2.24) is 4.90 Å². The molecule has 0 aliphatic carbocycles. The zero-order valence-corrected chi connectivity index (χ0v) is 12.3. The molecule has 0 aliphatic heterocycles. The van der Waals surface area contributed by atoms with E-state index in [1.54, 1.807) is 18.7 Å². The van der Waals surface area contributed by atoms with Gasteiger partial charge in [0.15, 0.2) is 0 Å². The smallest absolute Gasteiger partial charge is 0.328 e. The van der Waals surface area contributed by atoms with E-state index in [1.165, 1.54) is 0 Å². The summed E-state index contributed by atoms with van der Waals surface area (Å²) < 4.78 is 4.95. The number of carbonyl (C=O) groups is 2. The lowest BCUT2D eigenvalue weighted by molar-refractivity contribution is -0.154. The molecule has 1 unspecified atom stereocenters. The van der Waals surface area contributed by atoms with Crippen LogP contribution >= 0.6 is 11.6 Å². The third-order valence-corrected chi connectivity index (χ3v) is 2.96. The van der Waals surface area contributed by atoms with Gasteiger partial charge < -0.3 is 9.64 Å². The van der Waals surface area contributed by atoms with Gasteiger partial charge in [0.25, 0.3) is 0 Å².